The Balaban J connectivity index is 1.70. The zero-order valence-corrected chi connectivity index (χ0v) is 21.1. The largest absolute Gasteiger partial charge is 0.241 e. The highest BCUT2D eigenvalue weighted by atomic mass is 32.2. The SMILES string of the molecule is Cc1ccc(C=Cc2cc(C=Cc3ccc(C)cc3)c(C#N)c(SCc3ccccc3C)n2)cc1. The van der Waals surface area contributed by atoms with E-state index in [4.69, 9.17) is 4.98 Å². The first-order valence-electron chi connectivity index (χ1n) is 11.6. The lowest BCUT2D eigenvalue weighted by Crippen LogP contribution is -1.96. The van der Waals surface area contributed by atoms with Crippen LogP contribution in [0.4, 0.5) is 0 Å². The molecular formula is C32H28N2S. The highest BCUT2D eigenvalue weighted by Gasteiger charge is 2.12. The van der Waals surface area contributed by atoms with Gasteiger partial charge < -0.3 is 0 Å². The summed E-state index contributed by atoms with van der Waals surface area (Å²) >= 11 is 1.61. The first-order chi connectivity index (χ1) is 17.0. The third-order valence-corrected chi connectivity index (χ3v) is 6.85. The van der Waals surface area contributed by atoms with Crippen molar-refractivity contribution in [3.63, 3.8) is 0 Å². The Morgan fingerprint density at radius 3 is 1.97 bits per heavy atom. The average Bonchev–Trinajstić information content (AvgIpc) is 2.87. The van der Waals surface area contributed by atoms with Crippen molar-refractivity contribution in [2.45, 2.75) is 31.6 Å². The number of aromatic nitrogens is 1. The highest BCUT2D eigenvalue weighted by Crippen LogP contribution is 2.29. The van der Waals surface area contributed by atoms with E-state index in [2.05, 4.69) is 106 Å². The molecule has 3 aromatic carbocycles. The Kier molecular flexibility index (Phi) is 7.98. The second-order valence-electron chi connectivity index (χ2n) is 8.63. The van der Waals surface area contributed by atoms with Crippen molar-refractivity contribution in [2.24, 2.45) is 0 Å². The van der Waals surface area contributed by atoms with Crippen LogP contribution in [0.25, 0.3) is 24.3 Å². The highest BCUT2D eigenvalue weighted by molar-refractivity contribution is 7.98. The van der Waals surface area contributed by atoms with Gasteiger partial charge in [0.1, 0.15) is 11.1 Å². The molecule has 0 saturated heterocycles. The van der Waals surface area contributed by atoms with E-state index in [0.29, 0.717) is 5.56 Å². The van der Waals surface area contributed by atoms with Gasteiger partial charge in [0.05, 0.1) is 11.3 Å². The second kappa shape index (κ2) is 11.5. The summed E-state index contributed by atoms with van der Waals surface area (Å²) in [6.45, 7) is 6.28. The van der Waals surface area contributed by atoms with Crippen LogP contribution in [0, 0.1) is 32.1 Å². The second-order valence-corrected chi connectivity index (χ2v) is 9.60. The standard InChI is InChI=1S/C32H28N2S/c1-23-8-12-26(13-9-23)16-18-28-20-30(19-17-27-14-10-24(2)11-15-27)34-32(31(28)21-33)35-22-29-7-5-4-6-25(29)3/h4-20H,22H2,1-3H3. The number of thioether (sulfide) groups is 1. The van der Waals surface area contributed by atoms with Crippen LogP contribution in [0.5, 0.6) is 0 Å². The van der Waals surface area contributed by atoms with Gasteiger partial charge in [0, 0.05) is 5.75 Å². The predicted molar refractivity (Wildman–Crippen MR) is 150 cm³/mol. The van der Waals surface area contributed by atoms with E-state index in [1.54, 1.807) is 11.8 Å². The van der Waals surface area contributed by atoms with E-state index in [-0.39, 0.29) is 0 Å². The quantitative estimate of drug-likeness (QED) is 0.253. The molecule has 4 aromatic rings. The molecular weight excluding hydrogens is 444 g/mol. The van der Waals surface area contributed by atoms with Crippen molar-refractivity contribution in [1.82, 2.24) is 4.98 Å². The molecule has 0 radical (unpaired) electrons. The average molecular weight is 473 g/mol. The van der Waals surface area contributed by atoms with E-state index < -0.39 is 0 Å². The van der Waals surface area contributed by atoms with E-state index >= 15 is 0 Å². The number of rotatable bonds is 7. The summed E-state index contributed by atoms with van der Waals surface area (Å²) in [6.07, 6.45) is 8.16. The number of nitrogens with zero attached hydrogens (tertiary/aromatic N) is 2. The molecule has 0 fully saturated rings. The van der Waals surface area contributed by atoms with Crippen molar-refractivity contribution in [1.29, 1.82) is 5.26 Å². The predicted octanol–water partition coefficient (Wildman–Crippen LogP) is 8.51. The number of hydrogen-bond acceptors (Lipinski definition) is 3. The maximum atomic E-state index is 10.1. The number of pyridine rings is 1. The third-order valence-electron chi connectivity index (χ3n) is 5.83. The molecule has 0 atom stereocenters. The van der Waals surface area contributed by atoms with Gasteiger partial charge in [0.15, 0.2) is 0 Å². The minimum Gasteiger partial charge on any atom is -0.241 e. The molecule has 0 amide bonds. The maximum absolute atomic E-state index is 10.1. The minimum absolute atomic E-state index is 0.611. The van der Waals surface area contributed by atoms with E-state index in [1.807, 2.05) is 24.3 Å². The number of hydrogen-bond donors (Lipinski definition) is 0. The van der Waals surface area contributed by atoms with Crippen molar-refractivity contribution < 1.29 is 0 Å². The Bertz CT molecular complexity index is 1410. The molecule has 0 saturated carbocycles. The monoisotopic (exact) mass is 472 g/mol. The summed E-state index contributed by atoms with van der Waals surface area (Å²) in [6, 6.07) is 29.5. The summed E-state index contributed by atoms with van der Waals surface area (Å²) in [5, 5.41) is 10.8. The fourth-order valence-corrected chi connectivity index (χ4v) is 4.73. The van der Waals surface area contributed by atoms with Crippen LogP contribution in [-0.4, -0.2) is 4.98 Å². The molecule has 3 heteroatoms. The number of benzene rings is 3. The summed E-state index contributed by atoms with van der Waals surface area (Å²) in [4.78, 5) is 4.87. The van der Waals surface area contributed by atoms with Gasteiger partial charge in [-0.05, 0) is 60.7 Å². The van der Waals surface area contributed by atoms with Gasteiger partial charge in [-0.25, -0.2) is 4.98 Å². The molecule has 0 spiro atoms. The topological polar surface area (TPSA) is 36.7 Å². The third kappa shape index (κ3) is 6.59. The molecule has 0 aliphatic carbocycles. The van der Waals surface area contributed by atoms with Crippen molar-refractivity contribution in [3.05, 3.63) is 129 Å². The number of nitriles is 1. The molecule has 172 valence electrons. The van der Waals surface area contributed by atoms with Crippen LogP contribution in [0.1, 0.15) is 50.2 Å². The van der Waals surface area contributed by atoms with Crippen LogP contribution in [0.15, 0.2) is 83.9 Å². The van der Waals surface area contributed by atoms with Gasteiger partial charge in [-0.15, -0.1) is 11.8 Å². The summed E-state index contributed by atoms with van der Waals surface area (Å²) < 4.78 is 0. The fraction of sp³-hybridized carbons (Fsp3) is 0.125. The normalized spacial score (nSPS) is 11.3. The van der Waals surface area contributed by atoms with Crippen LogP contribution in [0.3, 0.4) is 0 Å². The van der Waals surface area contributed by atoms with Gasteiger partial charge in [0.25, 0.3) is 0 Å². The van der Waals surface area contributed by atoms with Crippen LogP contribution in [0.2, 0.25) is 0 Å². The maximum Gasteiger partial charge on any atom is 0.115 e. The van der Waals surface area contributed by atoms with E-state index in [9.17, 15) is 5.26 Å². The first kappa shape index (κ1) is 24.3. The lowest BCUT2D eigenvalue weighted by Gasteiger charge is -2.10. The van der Waals surface area contributed by atoms with Gasteiger partial charge in [-0.1, -0.05) is 102 Å². The lowest BCUT2D eigenvalue weighted by molar-refractivity contribution is 1.09. The summed E-state index contributed by atoms with van der Waals surface area (Å²) in [7, 11) is 0. The van der Waals surface area contributed by atoms with Crippen molar-refractivity contribution in [2.75, 3.05) is 0 Å². The molecule has 1 aromatic heterocycles. The van der Waals surface area contributed by atoms with E-state index in [0.717, 1.165) is 33.2 Å². The Morgan fingerprint density at radius 2 is 1.37 bits per heavy atom. The van der Waals surface area contributed by atoms with Crippen LogP contribution in [-0.2, 0) is 5.75 Å². The van der Waals surface area contributed by atoms with Gasteiger partial charge in [0.2, 0.25) is 0 Å². The summed E-state index contributed by atoms with van der Waals surface area (Å²) in [5.74, 6) is 0.764. The fourth-order valence-electron chi connectivity index (χ4n) is 3.63. The van der Waals surface area contributed by atoms with Crippen LogP contribution >= 0.6 is 11.8 Å². The zero-order chi connectivity index (χ0) is 24.6. The molecule has 0 bridgehead atoms. The minimum atomic E-state index is 0.611. The van der Waals surface area contributed by atoms with Gasteiger partial charge >= 0.3 is 0 Å². The Labute approximate surface area is 212 Å². The lowest BCUT2D eigenvalue weighted by atomic mass is 10.1. The molecule has 2 nitrogen and oxygen atoms in total. The Morgan fingerprint density at radius 1 is 0.771 bits per heavy atom. The van der Waals surface area contributed by atoms with Crippen molar-refractivity contribution >= 4 is 36.1 Å². The number of aryl methyl sites for hydroxylation is 3. The van der Waals surface area contributed by atoms with Crippen LogP contribution < -0.4 is 0 Å². The van der Waals surface area contributed by atoms with Gasteiger partial charge in [-0.2, -0.15) is 5.26 Å². The molecule has 4 rings (SSSR count). The molecule has 1 heterocycles. The molecule has 0 N–H and O–H groups in total. The first-order valence-corrected chi connectivity index (χ1v) is 12.6. The molecule has 35 heavy (non-hydrogen) atoms. The molecule has 0 aliphatic rings. The van der Waals surface area contributed by atoms with E-state index in [1.165, 1.54) is 22.3 Å². The molecule has 0 aliphatic heterocycles. The zero-order valence-electron chi connectivity index (χ0n) is 20.3. The van der Waals surface area contributed by atoms with Crippen molar-refractivity contribution in [3.8, 4) is 6.07 Å². The molecule has 0 unspecified atom stereocenters. The smallest absolute Gasteiger partial charge is 0.115 e. The Hall–Kier alpha value is -3.87. The summed E-state index contributed by atoms with van der Waals surface area (Å²) in [5.41, 5.74) is 9.49. The van der Waals surface area contributed by atoms with Gasteiger partial charge in [-0.3, -0.25) is 0 Å².